The van der Waals surface area contributed by atoms with Gasteiger partial charge in [0.2, 0.25) is 11.1 Å². The van der Waals surface area contributed by atoms with Gasteiger partial charge in [-0.05, 0) is 65.1 Å². The minimum absolute atomic E-state index is 0.0848. The molecule has 0 aliphatic rings. The normalized spacial score (nSPS) is 11.0. The highest BCUT2D eigenvalue weighted by Gasteiger charge is 2.13. The molecule has 2 aromatic carbocycles. The van der Waals surface area contributed by atoms with Gasteiger partial charge in [-0.15, -0.1) is 5.10 Å². The lowest BCUT2D eigenvalue weighted by Gasteiger charge is -2.10. The largest absolute Gasteiger partial charge is 0.325 e. The number of hydrogen-bond acceptors (Lipinski definition) is 5. The Morgan fingerprint density at radius 1 is 1.15 bits per heavy atom. The molecule has 140 valence electrons. The van der Waals surface area contributed by atoms with E-state index in [0.717, 1.165) is 22.5 Å². The van der Waals surface area contributed by atoms with Crippen LogP contribution in [0.25, 0.3) is 5.69 Å². The molecule has 0 aliphatic heterocycles. The summed E-state index contributed by atoms with van der Waals surface area (Å²) in [6, 6.07) is 14.1. The lowest BCUT2D eigenvalue weighted by molar-refractivity contribution is -0.113. The molecular formula is C20H23N5OS. The molecule has 0 atom stereocenters. The van der Waals surface area contributed by atoms with Crippen molar-refractivity contribution in [1.29, 1.82) is 0 Å². The zero-order chi connectivity index (χ0) is 19.4. The van der Waals surface area contributed by atoms with Gasteiger partial charge in [0.1, 0.15) is 0 Å². The van der Waals surface area contributed by atoms with Crippen LogP contribution in [0.3, 0.4) is 0 Å². The molecule has 27 heavy (non-hydrogen) atoms. The molecule has 0 spiro atoms. The number of anilines is 1. The summed E-state index contributed by atoms with van der Waals surface area (Å²) in [5.74, 6) is 0.617. The summed E-state index contributed by atoms with van der Waals surface area (Å²) in [5.41, 5.74) is 5.12. The number of rotatable bonds is 6. The highest BCUT2D eigenvalue weighted by molar-refractivity contribution is 7.99. The Morgan fingerprint density at radius 3 is 2.59 bits per heavy atom. The summed E-state index contributed by atoms with van der Waals surface area (Å²) in [7, 11) is 0. The molecule has 0 saturated heterocycles. The molecule has 1 amide bonds. The Hall–Kier alpha value is -2.67. The van der Waals surface area contributed by atoms with Gasteiger partial charge in [-0.3, -0.25) is 4.79 Å². The van der Waals surface area contributed by atoms with Gasteiger partial charge in [0.15, 0.2) is 0 Å². The Morgan fingerprint density at radius 2 is 1.89 bits per heavy atom. The van der Waals surface area contributed by atoms with Gasteiger partial charge in [-0.25, -0.2) is 0 Å². The van der Waals surface area contributed by atoms with Crippen LogP contribution in [0.15, 0.2) is 47.6 Å². The summed E-state index contributed by atoms with van der Waals surface area (Å²) in [4.78, 5) is 12.3. The van der Waals surface area contributed by atoms with E-state index in [-0.39, 0.29) is 11.7 Å². The number of hydrogen-bond donors (Lipinski definition) is 1. The van der Waals surface area contributed by atoms with Gasteiger partial charge >= 0.3 is 0 Å². The standard InChI is InChI=1S/C20H23N5OS/c1-13(2)16-7-9-17(10-8-16)25-20(22-23-24-25)27-12-19(26)21-18-11-14(3)5-6-15(18)4/h5-11,13H,12H2,1-4H3,(H,21,26). The molecular weight excluding hydrogens is 358 g/mol. The van der Waals surface area contributed by atoms with Crippen molar-refractivity contribution in [2.45, 2.75) is 38.8 Å². The van der Waals surface area contributed by atoms with Crippen LogP contribution < -0.4 is 5.32 Å². The van der Waals surface area contributed by atoms with Crippen LogP contribution in [0.5, 0.6) is 0 Å². The van der Waals surface area contributed by atoms with E-state index in [9.17, 15) is 4.79 Å². The number of thioether (sulfide) groups is 1. The molecule has 3 rings (SSSR count). The van der Waals surface area contributed by atoms with E-state index >= 15 is 0 Å². The zero-order valence-corrected chi connectivity index (χ0v) is 16.7. The minimum Gasteiger partial charge on any atom is -0.325 e. The maximum absolute atomic E-state index is 12.3. The van der Waals surface area contributed by atoms with Crippen molar-refractivity contribution in [3.05, 3.63) is 59.2 Å². The third-order valence-corrected chi connectivity index (χ3v) is 5.16. The number of tetrazole rings is 1. The second kappa shape index (κ2) is 8.35. The van der Waals surface area contributed by atoms with E-state index in [1.54, 1.807) is 4.68 Å². The maximum Gasteiger partial charge on any atom is 0.234 e. The summed E-state index contributed by atoms with van der Waals surface area (Å²) in [6.07, 6.45) is 0. The SMILES string of the molecule is Cc1ccc(C)c(NC(=O)CSc2nnnn2-c2ccc(C(C)C)cc2)c1. The molecule has 1 N–H and O–H groups in total. The van der Waals surface area contributed by atoms with E-state index in [4.69, 9.17) is 0 Å². The van der Waals surface area contributed by atoms with Gasteiger partial charge in [0, 0.05) is 5.69 Å². The first-order valence-corrected chi connectivity index (χ1v) is 9.81. The maximum atomic E-state index is 12.3. The van der Waals surface area contributed by atoms with Crippen LogP contribution in [-0.4, -0.2) is 31.9 Å². The molecule has 3 aromatic rings. The zero-order valence-electron chi connectivity index (χ0n) is 15.9. The van der Waals surface area contributed by atoms with Crippen LogP contribution >= 0.6 is 11.8 Å². The third-order valence-electron chi connectivity index (χ3n) is 4.24. The Kier molecular flexibility index (Phi) is 5.91. The van der Waals surface area contributed by atoms with Gasteiger partial charge in [-0.2, -0.15) is 4.68 Å². The molecule has 0 radical (unpaired) electrons. The number of benzene rings is 2. The van der Waals surface area contributed by atoms with Crippen LogP contribution in [-0.2, 0) is 4.79 Å². The lowest BCUT2D eigenvalue weighted by Crippen LogP contribution is -2.15. The fourth-order valence-corrected chi connectivity index (χ4v) is 3.31. The molecule has 7 heteroatoms. The van der Waals surface area contributed by atoms with Crippen molar-refractivity contribution in [3.63, 3.8) is 0 Å². The number of amides is 1. The quantitative estimate of drug-likeness (QED) is 0.650. The average Bonchev–Trinajstić information content (AvgIpc) is 3.12. The van der Waals surface area contributed by atoms with E-state index in [0.29, 0.717) is 11.1 Å². The second-order valence-electron chi connectivity index (χ2n) is 6.77. The first-order valence-electron chi connectivity index (χ1n) is 8.82. The predicted molar refractivity (Wildman–Crippen MR) is 109 cm³/mol. The smallest absolute Gasteiger partial charge is 0.234 e. The Balaban J connectivity index is 1.66. The molecule has 6 nitrogen and oxygen atoms in total. The number of carbonyl (C=O) groups excluding carboxylic acids is 1. The highest BCUT2D eigenvalue weighted by atomic mass is 32.2. The van der Waals surface area contributed by atoms with E-state index in [1.807, 2.05) is 44.2 Å². The summed E-state index contributed by atoms with van der Waals surface area (Å²) >= 11 is 1.31. The fourth-order valence-electron chi connectivity index (χ4n) is 2.62. The van der Waals surface area contributed by atoms with Gasteiger partial charge in [0.25, 0.3) is 0 Å². The summed E-state index contributed by atoms with van der Waals surface area (Å²) < 4.78 is 1.65. The monoisotopic (exact) mass is 381 g/mol. The molecule has 0 aliphatic carbocycles. The first-order chi connectivity index (χ1) is 12.9. The van der Waals surface area contributed by atoms with E-state index in [2.05, 4.69) is 46.8 Å². The second-order valence-corrected chi connectivity index (χ2v) is 7.72. The molecule has 1 aromatic heterocycles. The van der Waals surface area contributed by atoms with Gasteiger partial charge in [-0.1, -0.05) is 49.9 Å². The average molecular weight is 382 g/mol. The van der Waals surface area contributed by atoms with Crippen molar-refractivity contribution in [2.75, 3.05) is 11.1 Å². The molecule has 0 saturated carbocycles. The van der Waals surface area contributed by atoms with Crippen molar-refractivity contribution >= 4 is 23.4 Å². The van der Waals surface area contributed by atoms with Crippen LogP contribution in [0.2, 0.25) is 0 Å². The lowest BCUT2D eigenvalue weighted by atomic mass is 10.0. The highest BCUT2D eigenvalue weighted by Crippen LogP contribution is 2.22. The van der Waals surface area contributed by atoms with E-state index < -0.39 is 0 Å². The Bertz CT molecular complexity index is 934. The summed E-state index contributed by atoms with van der Waals surface area (Å²) in [5, 5.41) is 15.4. The van der Waals surface area contributed by atoms with Crippen molar-refractivity contribution in [1.82, 2.24) is 20.2 Å². The predicted octanol–water partition coefficient (Wildman–Crippen LogP) is 4.13. The van der Waals surface area contributed by atoms with Gasteiger partial charge < -0.3 is 5.32 Å². The van der Waals surface area contributed by atoms with Gasteiger partial charge in [0.05, 0.1) is 11.4 Å². The number of aryl methyl sites for hydroxylation is 2. The molecule has 0 fully saturated rings. The molecule has 0 unspecified atom stereocenters. The molecule has 1 heterocycles. The number of nitrogens with one attached hydrogen (secondary N) is 1. The third kappa shape index (κ3) is 4.74. The van der Waals surface area contributed by atoms with Crippen LogP contribution in [0, 0.1) is 13.8 Å². The molecule has 0 bridgehead atoms. The number of carbonyl (C=O) groups is 1. The topological polar surface area (TPSA) is 72.7 Å². The number of nitrogens with zero attached hydrogens (tertiary/aromatic N) is 4. The van der Waals surface area contributed by atoms with E-state index in [1.165, 1.54) is 17.3 Å². The number of aromatic nitrogens is 4. The van der Waals surface area contributed by atoms with Crippen molar-refractivity contribution in [3.8, 4) is 5.69 Å². The summed E-state index contributed by atoms with van der Waals surface area (Å²) in [6.45, 7) is 8.29. The van der Waals surface area contributed by atoms with Crippen molar-refractivity contribution < 1.29 is 4.79 Å². The van der Waals surface area contributed by atoms with Crippen LogP contribution in [0.4, 0.5) is 5.69 Å². The Labute approximate surface area is 163 Å². The minimum atomic E-state index is -0.0848. The fraction of sp³-hybridized carbons (Fsp3) is 0.300. The first kappa shape index (κ1) is 19.1. The van der Waals surface area contributed by atoms with Crippen LogP contribution in [0.1, 0.15) is 36.5 Å². The van der Waals surface area contributed by atoms with Crippen molar-refractivity contribution in [2.24, 2.45) is 0 Å².